The lowest BCUT2D eigenvalue weighted by Gasteiger charge is -2.06. The fraction of sp³-hybridized carbons (Fsp3) is 0.909. The third-order valence-corrected chi connectivity index (χ3v) is 4.30. The first kappa shape index (κ1) is 9.57. The number of carbonyl (C=O) groups is 1. The van der Waals surface area contributed by atoms with E-state index in [4.69, 9.17) is 0 Å². The number of Topliss-reactive ketones (excluding diaryl/α,β-unsaturated/α-hetero) is 1. The molecule has 13 heavy (non-hydrogen) atoms. The van der Waals surface area contributed by atoms with Crippen LogP contribution < -0.4 is 0 Å². The average molecular weight is 198 g/mol. The van der Waals surface area contributed by atoms with Crippen LogP contribution in [0.5, 0.6) is 0 Å². The maximum atomic E-state index is 11.4. The van der Waals surface area contributed by atoms with E-state index in [1.807, 2.05) is 11.8 Å². The third kappa shape index (κ3) is 3.01. The van der Waals surface area contributed by atoms with Gasteiger partial charge in [-0.1, -0.05) is 12.8 Å². The summed E-state index contributed by atoms with van der Waals surface area (Å²) in [6.45, 7) is 0. The van der Waals surface area contributed by atoms with Crippen molar-refractivity contribution in [1.82, 2.24) is 0 Å². The largest absolute Gasteiger partial charge is 0.298 e. The number of ketones is 1. The number of thioether (sulfide) groups is 1. The van der Waals surface area contributed by atoms with Crippen molar-refractivity contribution in [1.29, 1.82) is 0 Å². The molecule has 0 aromatic rings. The zero-order valence-corrected chi connectivity index (χ0v) is 8.94. The van der Waals surface area contributed by atoms with Crippen molar-refractivity contribution in [3.63, 3.8) is 0 Å². The van der Waals surface area contributed by atoms with E-state index < -0.39 is 0 Å². The Balaban J connectivity index is 1.54. The second-order valence-electron chi connectivity index (χ2n) is 4.41. The molecule has 74 valence electrons. The molecule has 0 amide bonds. The third-order valence-electron chi connectivity index (χ3n) is 3.11. The molecule has 0 heterocycles. The standard InChI is InChI=1S/C11H18OS/c12-11(10-5-6-10)8-13-7-9-3-1-2-4-9/h9-10H,1-8H2. The van der Waals surface area contributed by atoms with Crippen molar-refractivity contribution in [2.75, 3.05) is 11.5 Å². The number of rotatable bonds is 5. The Morgan fingerprint density at radius 2 is 1.85 bits per heavy atom. The van der Waals surface area contributed by atoms with Crippen LogP contribution in [-0.4, -0.2) is 17.3 Å². The van der Waals surface area contributed by atoms with Crippen molar-refractivity contribution < 1.29 is 4.79 Å². The molecule has 2 saturated carbocycles. The maximum Gasteiger partial charge on any atom is 0.145 e. The molecule has 0 bridgehead atoms. The summed E-state index contributed by atoms with van der Waals surface area (Å²) >= 11 is 1.88. The molecule has 2 aliphatic rings. The van der Waals surface area contributed by atoms with Crippen LogP contribution in [0, 0.1) is 11.8 Å². The van der Waals surface area contributed by atoms with E-state index in [0.29, 0.717) is 11.7 Å². The van der Waals surface area contributed by atoms with E-state index in [9.17, 15) is 4.79 Å². The summed E-state index contributed by atoms with van der Waals surface area (Å²) in [6.07, 6.45) is 7.99. The molecular weight excluding hydrogens is 180 g/mol. The molecule has 2 heteroatoms. The Kier molecular flexibility index (Phi) is 3.31. The van der Waals surface area contributed by atoms with Crippen molar-refractivity contribution in [3.8, 4) is 0 Å². The predicted molar refractivity (Wildman–Crippen MR) is 57.0 cm³/mol. The molecule has 2 aliphatic carbocycles. The molecule has 0 aliphatic heterocycles. The van der Waals surface area contributed by atoms with Crippen molar-refractivity contribution in [2.45, 2.75) is 38.5 Å². The van der Waals surface area contributed by atoms with Gasteiger partial charge in [0.05, 0.1) is 5.75 Å². The highest BCUT2D eigenvalue weighted by molar-refractivity contribution is 7.99. The Bertz CT molecular complexity index is 181. The minimum absolute atomic E-state index is 0.469. The fourth-order valence-corrected chi connectivity index (χ4v) is 3.25. The van der Waals surface area contributed by atoms with E-state index >= 15 is 0 Å². The van der Waals surface area contributed by atoms with Gasteiger partial charge in [-0.05, 0) is 37.4 Å². The highest BCUT2D eigenvalue weighted by Crippen LogP contribution is 2.32. The van der Waals surface area contributed by atoms with E-state index in [0.717, 1.165) is 11.7 Å². The van der Waals surface area contributed by atoms with Gasteiger partial charge in [-0.25, -0.2) is 0 Å². The highest BCUT2D eigenvalue weighted by atomic mass is 32.2. The Morgan fingerprint density at radius 3 is 2.46 bits per heavy atom. The monoisotopic (exact) mass is 198 g/mol. The van der Waals surface area contributed by atoms with E-state index in [-0.39, 0.29) is 0 Å². The Labute approximate surface area is 84.7 Å². The normalized spacial score (nSPS) is 23.7. The Morgan fingerprint density at radius 1 is 1.15 bits per heavy atom. The SMILES string of the molecule is O=C(CSCC1CCCC1)C1CC1. The topological polar surface area (TPSA) is 17.1 Å². The van der Waals surface area contributed by atoms with E-state index in [1.165, 1.54) is 44.3 Å². The van der Waals surface area contributed by atoms with Crippen LogP contribution in [0.25, 0.3) is 0 Å². The molecule has 0 radical (unpaired) electrons. The summed E-state index contributed by atoms with van der Waals surface area (Å²) in [5.74, 6) is 3.94. The zero-order chi connectivity index (χ0) is 9.10. The summed E-state index contributed by atoms with van der Waals surface area (Å²) < 4.78 is 0. The highest BCUT2D eigenvalue weighted by Gasteiger charge is 2.29. The molecule has 0 saturated heterocycles. The molecule has 0 spiro atoms. The summed E-state index contributed by atoms with van der Waals surface area (Å²) in [5.41, 5.74) is 0. The number of carbonyl (C=O) groups excluding carboxylic acids is 1. The maximum absolute atomic E-state index is 11.4. The van der Waals surface area contributed by atoms with Gasteiger partial charge in [0.15, 0.2) is 0 Å². The number of hydrogen-bond donors (Lipinski definition) is 0. The second kappa shape index (κ2) is 4.50. The molecule has 0 unspecified atom stereocenters. The van der Waals surface area contributed by atoms with Gasteiger partial charge in [0.1, 0.15) is 5.78 Å². The smallest absolute Gasteiger partial charge is 0.145 e. The van der Waals surface area contributed by atoms with Crippen LogP contribution in [0.15, 0.2) is 0 Å². The lowest BCUT2D eigenvalue weighted by molar-refractivity contribution is -0.117. The fourth-order valence-electron chi connectivity index (χ4n) is 2.03. The van der Waals surface area contributed by atoms with Gasteiger partial charge in [0.2, 0.25) is 0 Å². The van der Waals surface area contributed by atoms with Gasteiger partial charge < -0.3 is 0 Å². The first-order chi connectivity index (χ1) is 6.36. The molecule has 0 atom stereocenters. The average Bonchev–Trinajstić information content (AvgIpc) is 2.86. The number of hydrogen-bond acceptors (Lipinski definition) is 2. The van der Waals surface area contributed by atoms with Crippen LogP contribution >= 0.6 is 11.8 Å². The molecular formula is C11H18OS. The summed E-state index contributed by atoms with van der Waals surface area (Å²) in [7, 11) is 0. The van der Waals surface area contributed by atoms with Crippen molar-refractivity contribution in [2.24, 2.45) is 11.8 Å². The van der Waals surface area contributed by atoms with Gasteiger partial charge in [0.25, 0.3) is 0 Å². The van der Waals surface area contributed by atoms with Gasteiger partial charge in [-0.2, -0.15) is 11.8 Å². The lowest BCUT2D eigenvalue weighted by atomic mass is 10.1. The second-order valence-corrected chi connectivity index (χ2v) is 5.44. The summed E-state index contributed by atoms with van der Waals surface area (Å²) in [5, 5.41) is 0. The van der Waals surface area contributed by atoms with Crippen molar-refractivity contribution in [3.05, 3.63) is 0 Å². The molecule has 2 fully saturated rings. The van der Waals surface area contributed by atoms with Gasteiger partial charge in [0, 0.05) is 5.92 Å². The molecule has 0 N–H and O–H groups in total. The zero-order valence-electron chi connectivity index (χ0n) is 8.13. The van der Waals surface area contributed by atoms with Gasteiger partial charge >= 0.3 is 0 Å². The van der Waals surface area contributed by atoms with E-state index in [2.05, 4.69) is 0 Å². The molecule has 1 nitrogen and oxygen atoms in total. The van der Waals surface area contributed by atoms with E-state index in [1.54, 1.807) is 0 Å². The van der Waals surface area contributed by atoms with Gasteiger partial charge in [-0.15, -0.1) is 0 Å². The lowest BCUT2D eigenvalue weighted by Crippen LogP contribution is -2.06. The molecule has 0 aromatic carbocycles. The van der Waals surface area contributed by atoms with Crippen molar-refractivity contribution >= 4 is 17.5 Å². The van der Waals surface area contributed by atoms with Crippen LogP contribution in [0.3, 0.4) is 0 Å². The molecule has 0 aromatic heterocycles. The van der Waals surface area contributed by atoms with Crippen LogP contribution in [0.2, 0.25) is 0 Å². The molecule has 2 rings (SSSR count). The summed E-state index contributed by atoms with van der Waals surface area (Å²) in [6, 6.07) is 0. The first-order valence-electron chi connectivity index (χ1n) is 5.46. The Hall–Kier alpha value is 0.0200. The quantitative estimate of drug-likeness (QED) is 0.675. The minimum Gasteiger partial charge on any atom is -0.298 e. The van der Waals surface area contributed by atoms with Crippen LogP contribution in [0.1, 0.15) is 38.5 Å². The van der Waals surface area contributed by atoms with Crippen LogP contribution in [0.4, 0.5) is 0 Å². The summed E-state index contributed by atoms with van der Waals surface area (Å²) in [4.78, 5) is 11.4. The minimum atomic E-state index is 0.469. The van der Waals surface area contributed by atoms with Crippen LogP contribution in [-0.2, 0) is 4.79 Å². The predicted octanol–water partition coefficient (Wildman–Crippen LogP) is 2.89. The first-order valence-corrected chi connectivity index (χ1v) is 6.62. The van der Waals surface area contributed by atoms with Gasteiger partial charge in [-0.3, -0.25) is 4.79 Å².